The lowest BCUT2D eigenvalue weighted by Crippen LogP contribution is -2.07. The maximum atomic E-state index is 13.0. The number of methoxy groups -OCH3 is 1. The Bertz CT molecular complexity index is 568. The number of esters is 1. The van der Waals surface area contributed by atoms with Crippen LogP contribution in [0.3, 0.4) is 0 Å². The van der Waals surface area contributed by atoms with Gasteiger partial charge in [-0.05, 0) is 18.2 Å². The maximum absolute atomic E-state index is 13.0. The summed E-state index contributed by atoms with van der Waals surface area (Å²) in [4.78, 5) is 11.4. The van der Waals surface area contributed by atoms with Gasteiger partial charge in [0.05, 0.1) is 18.4 Å². The predicted octanol–water partition coefficient (Wildman–Crippen LogP) is 1.43. The molecule has 1 N–H and O–H groups in total. The van der Waals surface area contributed by atoms with E-state index in [9.17, 15) is 9.18 Å². The number of rotatable bonds is 3. The van der Waals surface area contributed by atoms with Crippen molar-refractivity contribution in [3.63, 3.8) is 0 Å². The van der Waals surface area contributed by atoms with Crippen LogP contribution in [0.2, 0.25) is 0 Å². The third kappa shape index (κ3) is 3.03. The molecule has 0 amide bonds. The lowest BCUT2D eigenvalue weighted by molar-refractivity contribution is 0.0601. The van der Waals surface area contributed by atoms with E-state index < -0.39 is 17.5 Å². The Balaban J connectivity index is 3.11. The zero-order valence-corrected chi connectivity index (χ0v) is 9.27. The molecule has 0 atom stereocenters. The molecule has 0 unspecified atom stereocenters. The molecule has 0 radical (unpaired) electrons. The second-order valence-electron chi connectivity index (χ2n) is 2.98. The van der Waals surface area contributed by atoms with E-state index in [1.165, 1.54) is 18.2 Å². The molecule has 0 aliphatic carbocycles. The number of hydrazone groups is 1. The molecule has 7 heteroatoms. The fourth-order valence-electron chi connectivity index (χ4n) is 1.08. The first kappa shape index (κ1) is 13.1. The molecule has 0 bridgehead atoms. The van der Waals surface area contributed by atoms with E-state index in [0.29, 0.717) is 0 Å². The van der Waals surface area contributed by atoms with E-state index in [4.69, 9.17) is 10.5 Å². The fourth-order valence-corrected chi connectivity index (χ4v) is 1.08. The highest BCUT2D eigenvalue weighted by atomic mass is 19.1. The summed E-state index contributed by atoms with van der Waals surface area (Å²) in [6.45, 7) is 0. The van der Waals surface area contributed by atoms with Crippen LogP contribution in [0.4, 0.5) is 10.1 Å². The average molecular weight is 246 g/mol. The molecule has 0 saturated heterocycles. The van der Waals surface area contributed by atoms with Crippen molar-refractivity contribution < 1.29 is 13.9 Å². The number of ether oxygens (including phenoxy) is 1. The van der Waals surface area contributed by atoms with Gasteiger partial charge in [-0.25, -0.2) is 9.18 Å². The van der Waals surface area contributed by atoms with Crippen LogP contribution >= 0.6 is 0 Å². The number of halogens is 1. The van der Waals surface area contributed by atoms with Gasteiger partial charge < -0.3 is 4.74 Å². The molecule has 0 aromatic heterocycles. The number of anilines is 1. The molecule has 1 aromatic rings. The van der Waals surface area contributed by atoms with Crippen LogP contribution in [0.25, 0.3) is 0 Å². The van der Waals surface area contributed by atoms with Crippen LogP contribution in [-0.4, -0.2) is 18.8 Å². The summed E-state index contributed by atoms with van der Waals surface area (Å²) < 4.78 is 17.5. The number of nitrogens with zero attached hydrogens (tertiary/aromatic N) is 3. The number of hydrogen-bond acceptors (Lipinski definition) is 6. The Morgan fingerprint density at radius 3 is 2.67 bits per heavy atom. The van der Waals surface area contributed by atoms with E-state index in [2.05, 4.69) is 15.3 Å². The third-order valence-corrected chi connectivity index (χ3v) is 1.89. The first-order valence-corrected chi connectivity index (χ1v) is 4.64. The molecule has 0 saturated carbocycles. The van der Waals surface area contributed by atoms with Gasteiger partial charge in [0.2, 0.25) is 5.71 Å². The van der Waals surface area contributed by atoms with Crippen LogP contribution in [0.15, 0.2) is 23.3 Å². The summed E-state index contributed by atoms with van der Waals surface area (Å²) in [5.74, 6) is -1.38. The molecule has 1 rings (SSSR count). The largest absolute Gasteiger partial charge is 0.465 e. The van der Waals surface area contributed by atoms with Gasteiger partial charge in [-0.15, -0.1) is 0 Å². The monoisotopic (exact) mass is 246 g/mol. The Morgan fingerprint density at radius 2 is 2.11 bits per heavy atom. The van der Waals surface area contributed by atoms with E-state index in [0.717, 1.165) is 19.2 Å². The highest BCUT2D eigenvalue weighted by molar-refractivity contribution is 6.10. The van der Waals surface area contributed by atoms with Gasteiger partial charge in [0.1, 0.15) is 18.0 Å². The second-order valence-corrected chi connectivity index (χ2v) is 2.98. The van der Waals surface area contributed by atoms with Crippen LogP contribution in [0, 0.1) is 28.5 Å². The Hall–Kier alpha value is -2.93. The van der Waals surface area contributed by atoms with Crippen LogP contribution in [0.5, 0.6) is 0 Å². The number of carbonyl (C=O) groups is 1. The molecule has 0 heterocycles. The number of benzene rings is 1. The summed E-state index contributed by atoms with van der Waals surface area (Å²) in [7, 11) is 1.15. The number of carbonyl (C=O) groups excluding carboxylic acids is 1. The molecular weight excluding hydrogens is 239 g/mol. The van der Waals surface area contributed by atoms with Gasteiger partial charge in [-0.1, -0.05) is 0 Å². The van der Waals surface area contributed by atoms with Crippen molar-refractivity contribution in [1.29, 1.82) is 10.5 Å². The zero-order valence-electron chi connectivity index (χ0n) is 9.27. The molecule has 0 aliphatic rings. The van der Waals surface area contributed by atoms with Crippen molar-refractivity contribution in [2.24, 2.45) is 5.10 Å². The smallest absolute Gasteiger partial charge is 0.340 e. The van der Waals surface area contributed by atoms with Crippen LogP contribution in [0.1, 0.15) is 10.4 Å². The second kappa shape index (κ2) is 5.97. The Morgan fingerprint density at radius 1 is 1.44 bits per heavy atom. The van der Waals surface area contributed by atoms with E-state index in [1.54, 1.807) is 0 Å². The van der Waals surface area contributed by atoms with Crippen LogP contribution in [-0.2, 0) is 4.74 Å². The minimum Gasteiger partial charge on any atom is -0.465 e. The molecule has 0 aliphatic heterocycles. The number of nitrogens with one attached hydrogen (secondary N) is 1. The Labute approximate surface area is 102 Å². The van der Waals surface area contributed by atoms with Crippen molar-refractivity contribution >= 4 is 17.4 Å². The van der Waals surface area contributed by atoms with E-state index in [1.807, 2.05) is 0 Å². The molecule has 90 valence electrons. The first-order chi connectivity index (χ1) is 8.62. The van der Waals surface area contributed by atoms with Gasteiger partial charge in [-0.3, -0.25) is 5.43 Å². The lowest BCUT2D eigenvalue weighted by Gasteiger charge is -2.06. The van der Waals surface area contributed by atoms with Crippen LogP contribution < -0.4 is 5.43 Å². The molecule has 1 aromatic carbocycles. The SMILES string of the molecule is COC(=O)c1cc(F)ccc1NN=C(C#N)C#N. The highest BCUT2D eigenvalue weighted by Gasteiger charge is 2.12. The average Bonchev–Trinajstić information content (AvgIpc) is 2.40. The molecule has 6 nitrogen and oxygen atoms in total. The van der Waals surface area contributed by atoms with Crippen molar-refractivity contribution in [1.82, 2.24) is 0 Å². The van der Waals surface area contributed by atoms with Crippen molar-refractivity contribution in [3.05, 3.63) is 29.6 Å². The number of hydrogen-bond donors (Lipinski definition) is 1. The van der Waals surface area contributed by atoms with Gasteiger partial charge in [0, 0.05) is 0 Å². The van der Waals surface area contributed by atoms with E-state index >= 15 is 0 Å². The fraction of sp³-hybridized carbons (Fsp3) is 0.0909. The summed E-state index contributed by atoms with van der Waals surface area (Å²) >= 11 is 0. The van der Waals surface area contributed by atoms with Gasteiger partial charge in [0.15, 0.2) is 0 Å². The minimum absolute atomic E-state index is 0.0866. The number of nitriles is 2. The topological polar surface area (TPSA) is 98.3 Å². The summed E-state index contributed by atoms with van der Waals surface area (Å²) in [6, 6.07) is 6.37. The van der Waals surface area contributed by atoms with Crippen molar-refractivity contribution in [2.75, 3.05) is 12.5 Å². The summed E-state index contributed by atoms with van der Waals surface area (Å²) in [6.07, 6.45) is 0. The predicted molar refractivity (Wildman–Crippen MR) is 60.0 cm³/mol. The quantitative estimate of drug-likeness (QED) is 0.494. The molecule has 0 fully saturated rings. The molecule has 18 heavy (non-hydrogen) atoms. The molecular formula is C11H7FN4O2. The van der Waals surface area contributed by atoms with Crippen molar-refractivity contribution in [2.45, 2.75) is 0 Å². The van der Waals surface area contributed by atoms with Gasteiger partial charge >= 0.3 is 5.97 Å². The lowest BCUT2D eigenvalue weighted by atomic mass is 10.2. The van der Waals surface area contributed by atoms with E-state index in [-0.39, 0.29) is 11.3 Å². The van der Waals surface area contributed by atoms with Crippen molar-refractivity contribution in [3.8, 4) is 12.1 Å². The minimum atomic E-state index is -0.761. The normalized spacial score (nSPS) is 8.67. The first-order valence-electron chi connectivity index (χ1n) is 4.64. The standard InChI is InChI=1S/C11H7FN4O2/c1-18-11(17)9-4-7(12)2-3-10(9)16-15-8(5-13)6-14/h2-4,16H,1H3. The maximum Gasteiger partial charge on any atom is 0.340 e. The summed E-state index contributed by atoms with van der Waals surface area (Å²) in [5.41, 5.74) is 1.96. The zero-order chi connectivity index (χ0) is 13.5. The van der Waals surface area contributed by atoms with Gasteiger partial charge in [-0.2, -0.15) is 15.6 Å². The third-order valence-electron chi connectivity index (χ3n) is 1.89. The Kier molecular flexibility index (Phi) is 4.35. The van der Waals surface area contributed by atoms with Gasteiger partial charge in [0.25, 0.3) is 0 Å². The summed E-state index contributed by atoms with van der Waals surface area (Å²) in [5, 5.41) is 20.4. The highest BCUT2D eigenvalue weighted by Crippen LogP contribution is 2.18. The molecule has 0 spiro atoms.